The van der Waals surface area contributed by atoms with Crippen LogP contribution >= 0.6 is 0 Å². The SMILES string of the molecule is Fc1ccc([C@H]2c3ccccc3CCN2C2=NC[C@@H](C3(F)CNC3)O2)cc1. The first-order valence-electron chi connectivity index (χ1n) is 9.35. The van der Waals surface area contributed by atoms with Crippen LogP contribution in [0.15, 0.2) is 53.5 Å². The van der Waals surface area contributed by atoms with Crippen molar-refractivity contribution in [3.05, 3.63) is 71.0 Å². The molecule has 140 valence electrons. The number of nitrogens with zero attached hydrogens (tertiary/aromatic N) is 2. The Bertz CT molecular complexity index is 879. The molecule has 3 heterocycles. The summed E-state index contributed by atoms with van der Waals surface area (Å²) in [6.45, 7) is 1.68. The van der Waals surface area contributed by atoms with Crippen molar-refractivity contribution in [2.75, 3.05) is 26.2 Å². The molecule has 4 nitrogen and oxygen atoms in total. The molecule has 3 aliphatic heterocycles. The van der Waals surface area contributed by atoms with Gasteiger partial charge in [-0.25, -0.2) is 13.8 Å². The minimum Gasteiger partial charge on any atom is -0.456 e. The van der Waals surface area contributed by atoms with Gasteiger partial charge in [-0.05, 0) is 35.2 Å². The molecule has 0 radical (unpaired) electrons. The van der Waals surface area contributed by atoms with E-state index in [4.69, 9.17) is 4.74 Å². The summed E-state index contributed by atoms with van der Waals surface area (Å²) < 4.78 is 34.2. The van der Waals surface area contributed by atoms with E-state index in [1.807, 2.05) is 12.1 Å². The summed E-state index contributed by atoms with van der Waals surface area (Å²) in [5, 5.41) is 2.97. The van der Waals surface area contributed by atoms with E-state index in [2.05, 4.69) is 27.3 Å². The monoisotopic (exact) mass is 369 g/mol. The lowest BCUT2D eigenvalue weighted by molar-refractivity contribution is -0.0284. The fourth-order valence-electron chi connectivity index (χ4n) is 4.16. The van der Waals surface area contributed by atoms with Crippen LogP contribution in [-0.2, 0) is 11.2 Å². The first kappa shape index (κ1) is 16.7. The quantitative estimate of drug-likeness (QED) is 0.885. The topological polar surface area (TPSA) is 36.9 Å². The van der Waals surface area contributed by atoms with Crippen molar-refractivity contribution in [1.29, 1.82) is 0 Å². The standard InChI is InChI=1S/C21H21F2N3O/c22-16-7-5-15(6-8-16)19-17-4-2-1-3-14(17)9-10-26(19)20-25-11-18(27-20)21(23)12-24-13-21/h1-8,18-19,24H,9-13H2/t18-,19-/m0/s1. The van der Waals surface area contributed by atoms with Crippen LogP contribution in [0.4, 0.5) is 8.78 Å². The van der Waals surface area contributed by atoms with Crippen LogP contribution < -0.4 is 5.32 Å². The predicted molar refractivity (Wildman–Crippen MR) is 99.0 cm³/mol. The maximum atomic E-state index is 14.7. The Balaban J connectivity index is 1.49. The lowest BCUT2D eigenvalue weighted by Crippen LogP contribution is -2.64. The largest absolute Gasteiger partial charge is 0.456 e. The summed E-state index contributed by atoms with van der Waals surface area (Å²) in [5.74, 6) is -0.263. The van der Waals surface area contributed by atoms with E-state index in [1.54, 1.807) is 12.1 Å². The Hall–Kier alpha value is -2.47. The molecule has 5 rings (SSSR count). The number of alkyl halides is 1. The molecule has 2 aromatic rings. The summed E-state index contributed by atoms with van der Waals surface area (Å²) in [6, 6.07) is 15.2. The van der Waals surface area contributed by atoms with Gasteiger partial charge in [0.25, 0.3) is 6.02 Å². The number of amidine groups is 1. The van der Waals surface area contributed by atoms with Crippen molar-refractivity contribution in [1.82, 2.24) is 10.2 Å². The number of hydrogen-bond acceptors (Lipinski definition) is 4. The molecule has 0 aromatic heterocycles. The average Bonchev–Trinajstić information content (AvgIpc) is 3.16. The van der Waals surface area contributed by atoms with Gasteiger partial charge in [-0.2, -0.15) is 0 Å². The number of hydrogen-bond donors (Lipinski definition) is 1. The van der Waals surface area contributed by atoms with Crippen molar-refractivity contribution in [2.45, 2.75) is 24.2 Å². The molecule has 1 N–H and O–H groups in total. The molecule has 0 amide bonds. The van der Waals surface area contributed by atoms with Gasteiger partial charge in [0.1, 0.15) is 5.82 Å². The third kappa shape index (κ3) is 2.79. The van der Waals surface area contributed by atoms with E-state index < -0.39 is 11.8 Å². The van der Waals surface area contributed by atoms with E-state index in [0.29, 0.717) is 25.7 Å². The molecule has 27 heavy (non-hydrogen) atoms. The molecule has 1 saturated heterocycles. The molecular formula is C21H21F2N3O. The predicted octanol–water partition coefficient (Wildman–Crippen LogP) is 2.84. The van der Waals surface area contributed by atoms with Gasteiger partial charge in [-0.1, -0.05) is 36.4 Å². The molecule has 0 aliphatic carbocycles. The zero-order chi connectivity index (χ0) is 18.4. The second-order valence-corrected chi connectivity index (χ2v) is 7.46. The van der Waals surface area contributed by atoms with Gasteiger partial charge in [-0.3, -0.25) is 0 Å². The summed E-state index contributed by atoms with van der Waals surface area (Å²) in [6.07, 6.45) is 0.322. The number of benzene rings is 2. The first-order valence-corrected chi connectivity index (χ1v) is 9.35. The smallest absolute Gasteiger partial charge is 0.288 e. The number of fused-ring (bicyclic) bond motifs is 1. The maximum Gasteiger partial charge on any atom is 0.288 e. The highest BCUT2D eigenvalue weighted by Crippen LogP contribution is 2.37. The fourth-order valence-corrected chi connectivity index (χ4v) is 4.16. The molecule has 3 aliphatic rings. The van der Waals surface area contributed by atoms with Crippen molar-refractivity contribution >= 4 is 6.02 Å². The summed E-state index contributed by atoms with van der Waals surface area (Å²) in [5.41, 5.74) is 2.05. The number of nitrogens with one attached hydrogen (secondary N) is 1. The third-order valence-corrected chi connectivity index (χ3v) is 5.77. The van der Waals surface area contributed by atoms with E-state index in [0.717, 1.165) is 24.1 Å². The molecular weight excluding hydrogens is 348 g/mol. The summed E-state index contributed by atoms with van der Waals surface area (Å²) >= 11 is 0. The van der Waals surface area contributed by atoms with Gasteiger partial charge >= 0.3 is 0 Å². The van der Waals surface area contributed by atoms with Crippen LogP contribution in [0.2, 0.25) is 0 Å². The van der Waals surface area contributed by atoms with E-state index >= 15 is 0 Å². The van der Waals surface area contributed by atoms with Crippen molar-refractivity contribution < 1.29 is 13.5 Å². The first-order chi connectivity index (χ1) is 13.1. The molecule has 2 atom stereocenters. The summed E-state index contributed by atoms with van der Waals surface area (Å²) in [7, 11) is 0. The fraction of sp³-hybridized carbons (Fsp3) is 0.381. The Morgan fingerprint density at radius 3 is 2.63 bits per heavy atom. The van der Waals surface area contributed by atoms with E-state index in [9.17, 15) is 8.78 Å². The lowest BCUT2D eigenvalue weighted by Gasteiger charge is -2.41. The van der Waals surface area contributed by atoms with Crippen LogP contribution in [0.25, 0.3) is 0 Å². The molecule has 0 spiro atoms. The van der Waals surface area contributed by atoms with Gasteiger partial charge in [-0.15, -0.1) is 0 Å². The molecule has 1 fully saturated rings. The van der Waals surface area contributed by atoms with Gasteiger partial charge < -0.3 is 15.0 Å². The molecule has 0 bridgehead atoms. The van der Waals surface area contributed by atoms with Crippen LogP contribution in [0, 0.1) is 5.82 Å². The van der Waals surface area contributed by atoms with Crippen LogP contribution in [0.3, 0.4) is 0 Å². The number of rotatable bonds is 2. The van der Waals surface area contributed by atoms with Crippen molar-refractivity contribution in [3.63, 3.8) is 0 Å². The van der Waals surface area contributed by atoms with Gasteiger partial charge in [0.05, 0.1) is 12.6 Å². The van der Waals surface area contributed by atoms with Gasteiger partial charge in [0, 0.05) is 19.6 Å². The van der Waals surface area contributed by atoms with E-state index in [-0.39, 0.29) is 11.9 Å². The van der Waals surface area contributed by atoms with Crippen molar-refractivity contribution in [3.8, 4) is 0 Å². The van der Waals surface area contributed by atoms with E-state index in [1.165, 1.54) is 17.7 Å². The highest BCUT2D eigenvalue weighted by Gasteiger charge is 2.49. The van der Waals surface area contributed by atoms with Gasteiger partial charge in [0.15, 0.2) is 11.8 Å². The minimum absolute atomic E-state index is 0.122. The molecule has 2 aromatic carbocycles. The second-order valence-electron chi connectivity index (χ2n) is 7.46. The number of halogens is 2. The third-order valence-electron chi connectivity index (χ3n) is 5.77. The zero-order valence-electron chi connectivity index (χ0n) is 14.9. The normalized spacial score (nSPS) is 26.0. The Kier molecular flexibility index (Phi) is 3.90. The molecule has 0 unspecified atom stereocenters. The highest BCUT2D eigenvalue weighted by atomic mass is 19.1. The van der Waals surface area contributed by atoms with Crippen LogP contribution in [0.5, 0.6) is 0 Å². The summed E-state index contributed by atoms with van der Waals surface area (Å²) in [4.78, 5) is 6.62. The Labute approximate surface area is 156 Å². The van der Waals surface area contributed by atoms with Gasteiger partial charge in [0.2, 0.25) is 0 Å². The molecule has 0 saturated carbocycles. The Morgan fingerprint density at radius 2 is 1.89 bits per heavy atom. The average molecular weight is 369 g/mol. The van der Waals surface area contributed by atoms with Crippen LogP contribution in [0.1, 0.15) is 22.7 Å². The number of aliphatic imine (C=N–C) groups is 1. The van der Waals surface area contributed by atoms with Crippen LogP contribution in [-0.4, -0.2) is 48.9 Å². The maximum absolute atomic E-state index is 14.7. The molecule has 6 heteroatoms. The zero-order valence-corrected chi connectivity index (χ0v) is 14.9. The lowest BCUT2D eigenvalue weighted by atomic mass is 9.88. The Morgan fingerprint density at radius 1 is 1.11 bits per heavy atom. The van der Waals surface area contributed by atoms with Crippen molar-refractivity contribution in [2.24, 2.45) is 4.99 Å². The second kappa shape index (κ2) is 6.30. The minimum atomic E-state index is -1.34. The number of ether oxygens (including phenoxy) is 1. The highest BCUT2D eigenvalue weighted by molar-refractivity contribution is 5.77.